The monoisotopic (exact) mass is 293 g/mol. The highest BCUT2D eigenvalue weighted by Gasteiger charge is 2.44. The van der Waals surface area contributed by atoms with Gasteiger partial charge in [-0.1, -0.05) is 27.7 Å². The van der Waals surface area contributed by atoms with E-state index in [-0.39, 0.29) is 12.1 Å². The van der Waals surface area contributed by atoms with Crippen molar-refractivity contribution < 1.29 is 4.79 Å². The van der Waals surface area contributed by atoms with Gasteiger partial charge in [-0.25, -0.2) is 9.48 Å². The minimum atomic E-state index is -0.0690. The standard InChI is InChI=1S/C15H27N5O/c1-9(2)12-7-19(13(12)10(3)4)15(21)18-14-16-8-17-20(14)11(5)6/h8-13H,7H2,1-6H3,(H,16,17,18,21). The fourth-order valence-electron chi connectivity index (χ4n) is 3.11. The minimum absolute atomic E-state index is 0.0690. The molecule has 1 fully saturated rings. The van der Waals surface area contributed by atoms with Crippen molar-refractivity contribution in [2.24, 2.45) is 17.8 Å². The molecule has 0 spiro atoms. The van der Waals surface area contributed by atoms with E-state index in [0.29, 0.717) is 29.7 Å². The van der Waals surface area contributed by atoms with Crippen LogP contribution in [0.1, 0.15) is 47.6 Å². The van der Waals surface area contributed by atoms with Crippen molar-refractivity contribution in [1.82, 2.24) is 19.7 Å². The zero-order valence-electron chi connectivity index (χ0n) is 13.9. The van der Waals surface area contributed by atoms with Crippen LogP contribution in [0, 0.1) is 17.8 Å². The first kappa shape index (κ1) is 15.8. The fraction of sp³-hybridized carbons (Fsp3) is 0.800. The molecule has 6 heteroatoms. The minimum Gasteiger partial charge on any atom is -0.320 e. The summed E-state index contributed by atoms with van der Waals surface area (Å²) >= 11 is 0. The van der Waals surface area contributed by atoms with Crippen molar-refractivity contribution in [3.05, 3.63) is 6.33 Å². The molecule has 0 saturated carbocycles. The molecule has 0 aliphatic carbocycles. The average Bonchev–Trinajstić information content (AvgIpc) is 2.74. The van der Waals surface area contributed by atoms with E-state index in [2.05, 4.69) is 43.1 Å². The summed E-state index contributed by atoms with van der Waals surface area (Å²) in [6.45, 7) is 13.7. The molecule has 2 unspecified atom stereocenters. The maximum atomic E-state index is 12.5. The van der Waals surface area contributed by atoms with Crippen molar-refractivity contribution in [3.63, 3.8) is 0 Å². The number of aromatic nitrogens is 3. The van der Waals surface area contributed by atoms with Gasteiger partial charge in [-0.3, -0.25) is 5.32 Å². The molecule has 1 aromatic rings. The van der Waals surface area contributed by atoms with Crippen LogP contribution in [0.5, 0.6) is 0 Å². The Morgan fingerprint density at radius 3 is 2.43 bits per heavy atom. The predicted octanol–water partition coefficient (Wildman–Crippen LogP) is 3.00. The lowest BCUT2D eigenvalue weighted by Gasteiger charge is -2.52. The number of urea groups is 1. The van der Waals surface area contributed by atoms with Crippen LogP contribution in [0.3, 0.4) is 0 Å². The van der Waals surface area contributed by atoms with Gasteiger partial charge in [0.1, 0.15) is 6.33 Å². The van der Waals surface area contributed by atoms with Gasteiger partial charge in [0.25, 0.3) is 0 Å². The zero-order valence-corrected chi connectivity index (χ0v) is 13.9. The number of hydrogen-bond acceptors (Lipinski definition) is 3. The van der Waals surface area contributed by atoms with Gasteiger partial charge in [0.15, 0.2) is 0 Å². The van der Waals surface area contributed by atoms with Crippen molar-refractivity contribution in [3.8, 4) is 0 Å². The highest BCUT2D eigenvalue weighted by Crippen LogP contribution is 2.36. The molecular weight excluding hydrogens is 266 g/mol. The molecule has 2 heterocycles. The van der Waals surface area contributed by atoms with Crippen LogP contribution >= 0.6 is 0 Å². The predicted molar refractivity (Wildman–Crippen MR) is 83.1 cm³/mol. The Morgan fingerprint density at radius 1 is 1.24 bits per heavy atom. The normalized spacial score (nSPS) is 22.0. The van der Waals surface area contributed by atoms with Crippen LogP contribution < -0.4 is 5.32 Å². The van der Waals surface area contributed by atoms with Gasteiger partial charge in [-0.2, -0.15) is 10.1 Å². The maximum Gasteiger partial charge on any atom is 0.324 e. The summed E-state index contributed by atoms with van der Waals surface area (Å²) in [5.74, 6) is 2.16. The lowest BCUT2D eigenvalue weighted by atomic mass is 9.75. The van der Waals surface area contributed by atoms with E-state index in [9.17, 15) is 4.79 Å². The third-order valence-electron chi connectivity index (χ3n) is 4.29. The number of likely N-dealkylation sites (tertiary alicyclic amines) is 1. The molecule has 2 atom stereocenters. The second-order valence-corrected chi connectivity index (χ2v) is 6.85. The van der Waals surface area contributed by atoms with Crippen LogP contribution in [0.2, 0.25) is 0 Å². The van der Waals surface area contributed by atoms with Crippen molar-refractivity contribution >= 4 is 12.0 Å². The summed E-state index contributed by atoms with van der Waals surface area (Å²) in [4.78, 5) is 18.5. The smallest absolute Gasteiger partial charge is 0.320 e. The summed E-state index contributed by atoms with van der Waals surface area (Å²) in [6, 6.07) is 0.407. The summed E-state index contributed by atoms with van der Waals surface area (Å²) < 4.78 is 1.72. The number of nitrogens with zero attached hydrogens (tertiary/aromatic N) is 4. The Labute approximate surface area is 126 Å². The summed E-state index contributed by atoms with van der Waals surface area (Å²) in [5.41, 5.74) is 0. The topological polar surface area (TPSA) is 63.1 Å². The van der Waals surface area contributed by atoms with E-state index in [1.165, 1.54) is 6.33 Å². The lowest BCUT2D eigenvalue weighted by Crippen LogP contribution is -2.63. The first-order valence-corrected chi connectivity index (χ1v) is 7.80. The van der Waals surface area contributed by atoms with E-state index in [0.717, 1.165) is 6.54 Å². The van der Waals surface area contributed by atoms with Gasteiger partial charge in [0, 0.05) is 12.6 Å². The Bertz CT molecular complexity index is 494. The van der Waals surface area contributed by atoms with Crippen molar-refractivity contribution in [1.29, 1.82) is 0 Å². The second kappa shape index (κ2) is 6.03. The third-order valence-corrected chi connectivity index (χ3v) is 4.29. The second-order valence-electron chi connectivity index (χ2n) is 6.85. The molecule has 1 aliphatic rings. The number of amides is 2. The molecule has 21 heavy (non-hydrogen) atoms. The molecule has 0 radical (unpaired) electrons. The highest BCUT2D eigenvalue weighted by atomic mass is 16.2. The molecule has 0 aromatic carbocycles. The summed E-state index contributed by atoms with van der Waals surface area (Å²) in [5, 5.41) is 7.04. The number of hydrogen-bond donors (Lipinski definition) is 1. The van der Waals surface area contributed by atoms with E-state index in [1.54, 1.807) is 4.68 Å². The first-order chi connectivity index (χ1) is 9.82. The van der Waals surface area contributed by atoms with Crippen LogP contribution in [0.4, 0.5) is 10.7 Å². The SMILES string of the molecule is CC(C)C1CN(C(=O)Nc2ncnn2C(C)C)C1C(C)C. The third kappa shape index (κ3) is 3.04. The molecule has 0 bridgehead atoms. The van der Waals surface area contributed by atoms with Crippen molar-refractivity contribution in [2.75, 3.05) is 11.9 Å². The lowest BCUT2D eigenvalue weighted by molar-refractivity contribution is 0.000885. The maximum absolute atomic E-state index is 12.5. The van der Waals surface area contributed by atoms with Gasteiger partial charge < -0.3 is 4.90 Å². The molecule has 1 aliphatic heterocycles. The molecule has 2 rings (SSSR count). The molecule has 6 nitrogen and oxygen atoms in total. The number of carbonyl (C=O) groups is 1. The number of anilines is 1. The van der Waals surface area contributed by atoms with E-state index in [1.807, 2.05) is 18.7 Å². The number of carbonyl (C=O) groups excluding carboxylic acids is 1. The van der Waals surface area contributed by atoms with E-state index >= 15 is 0 Å². The number of rotatable bonds is 4. The van der Waals surface area contributed by atoms with E-state index in [4.69, 9.17) is 0 Å². The summed E-state index contributed by atoms with van der Waals surface area (Å²) in [7, 11) is 0. The van der Waals surface area contributed by atoms with E-state index < -0.39 is 0 Å². The van der Waals surface area contributed by atoms with Gasteiger partial charge >= 0.3 is 6.03 Å². The van der Waals surface area contributed by atoms with Crippen molar-refractivity contribution in [2.45, 2.75) is 53.6 Å². The van der Waals surface area contributed by atoms with Crippen LogP contribution in [0.15, 0.2) is 6.33 Å². The largest absolute Gasteiger partial charge is 0.324 e. The zero-order chi connectivity index (χ0) is 15.7. The van der Waals surface area contributed by atoms with Crippen LogP contribution in [0.25, 0.3) is 0 Å². The quantitative estimate of drug-likeness (QED) is 0.928. The van der Waals surface area contributed by atoms with Gasteiger partial charge in [0.05, 0.1) is 6.04 Å². The average molecular weight is 293 g/mol. The van der Waals surface area contributed by atoms with Crippen LogP contribution in [-0.4, -0.2) is 38.3 Å². The Hall–Kier alpha value is -1.59. The molecule has 2 amide bonds. The van der Waals surface area contributed by atoms with Crippen LogP contribution in [-0.2, 0) is 0 Å². The molecule has 118 valence electrons. The molecule has 1 saturated heterocycles. The highest BCUT2D eigenvalue weighted by molar-refractivity contribution is 5.88. The fourth-order valence-corrected chi connectivity index (χ4v) is 3.11. The first-order valence-electron chi connectivity index (χ1n) is 7.80. The van der Waals surface area contributed by atoms with Gasteiger partial charge in [-0.15, -0.1) is 0 Å². The summed E-state index contributed by atoms with van der Waals surface area (Å²) in [6.07, 6.45) is 1.47. The Balaban J connectivity index is 2.05. The van der Waals surface area contributed by atoms with Gasteiger partial charge in [-0.05, 0) is 31.6 Å². The molecule has 1 N–H and O–H groups in total. The Kier molecular flexibility index (Phi) is 4.54. The molecule has 1 aromatic heterocycles. The molecular formula is C15H27N5O. The van der Waals surface area contributed by atoms with Gasteiger partial charge in [0.2, 0.25) is 5.95 Å². The Morgan fingerprint density at radius 2 is 1.90 bits per heavy atom. The number of nitrogens with one attached hydrogen (secondary N) is 1.